The second-order valence-electron chi connectivity index (χ2n) is 4.17. The zero-order valence-electron chi connectivity index (χ0n) is 10.5. The number of thiophene rings is 1. The van der Waals surface area contributed by atoms with E-state index in [0.717, 1.165) is 11.1 Å². The van der Waals surface area contributed by atoms with Gasteiger partial charge in [-0.3, -0.25) is 0 Å². The van der Waals surface area contributed by atoms with E-state index in [0.29, 0.717) is 11.6 Å². The van der Waals surface area contributed by atoms with E-state index in [1.54, 1.807) is 23.5 Å². The van der Waals surface area contributed by atoms with Crippen LogP contribution in [0.1, 0.15) is 11.1 Å². The molecule has 0 spiro atoms. The molecule has 3 rings (SSSR count). The Labute approximate surface area is 120 Å². The van der Waals surface area contributed by atoms with Crippen LogP contribution < -0.4 is 0 Å². The first-order valence-corrected chi connectivity index (χ1v) is 7.03. The lowest BCUT2D eigenvalue weighted by Gasteiger charge is -1.92. The van der Waals surface area contributed by atoms with Crippen LogP contribution in [0.2, 0.25) is 0 Å². The van der Waals surface area contributed by atoms with Crippen LogP contribution in [0, 0.1) is 0 Å². The minimum absolute atomic E-state index is 0.320. The Morgan fingerprint density at radius 1 is 1.05 bits per heavy atom. The summed E-state index contributed by atoms with van der Waals surface area (Å²) in [7, 11) is 0. The first kappa shape index (κ1) is 12.6. The second kappa shape index (κ2) is 5.67. The number of cyclic esters (lactones) is 1. The van der Waals surface area contributed by atoms with Crippen molar-refractivity contribution in [3.63, 3.8) is 0 Å². The van der Waals surface area contributed by atoms with Crippen molar-refractivity contribution in [3.8, 4) is 0 Å². The predicted molar refractivity (Wildman–Crippen MR) is 81.3 cm³/mol. The summed E-state index contributed by atoms with van der Waals surface area (Å²) in [5.41, 5.74) is 2.32. The molecule has 0 aliphatic carbocycles. The molecular weight excluding hydrogens is 270 g/mol. The van der Waals surface area contributed by atoms with Crippen molar-refractivity contribution in [2.75, 3.05) is 0 Å². The highest BCUT2D eigenvalue weighted by Gasteiger charge is 2.20. The summed E-state index contributed by atoms with van der Waals surface area (Å²) in [5, 5.41) is 3.90. The number of rotatable bonds is 3. The van der Waals surface area contributed by atoms with Crippen molar-refractivity contribution in [2.45, 2.75) is 0 Å². The Morgan fingerprint density at radius 3 is 2.65 bits per heavy atom. The SMILES string of the molecule is O=C1OC(/C=C/c2ccccc2)=NC/1=C\c1ccsc1. The minimum atomic E-state index is -0.413. The van der Waals surface area contributed by atoms with E-state index in [2.05, 4.69) is 4.99 Å². The van der Waals surface area contributed by atoms with Crippen LogP contribution in [-0.4, -0.2) is 11.9 Å². The summed E-state index contributed by atoms with van der Waals surface area (Å²) < 4.78 is 5.10. The lowest BCUT2D eigenvalue weighted by molar-refractivity contribution is -0.129. The zero-order chi connectivity index (χ0) is 13.8. The summed E-state index contributed by atoms with van der Waals surface area (Å²) in [5.74, 6) is -0.0933. The number of hydrogen-bond donors (Lipinski definition) is 0. The maximum atomic E-state index is 11.7. The Balaban J connectivity index is 1.79. The Kier molecular flexibility index (Phi) is 3.56. The van der Waals surface area contributed by atoms with E-state index in [1.807, 2.05) is 53.2 Å². The summed E-state index contributed by atoms with van der Waals surface area (Å²) in [4.78, 5) is 15.9. The van der Waals surface area contributed by atoms with Gasteiger partial charge in [-0.05, 0) is 40.1 Å². The Bertz CT molecular complexity index is 697. The van der Waals surface area contributed by atoms with Gasteiger partial charge in [0, 0.05) is 6.08 Å². The van der Waals surface area contributed by atoms with Gasteiger partial charge in [0.25, 0.3) is 0 Å². The van der Waals surface area contributed by atoms with E-state index < -0.39 is 5.97 Å². The molecule has 0 fully saturated rings. The first-order valence-electron chi connectivity index (χ1n) is 6.09. The van der Waals surface area contributed by atoms with Crippen LogP contribution in [0.25, 0.3) is 12.2 Å². The number of hydrogen-bond acceptors (Lipinski definition) is 4. The maximum Gasteiger partial charge on any atom is 0.363 e. The van der Waals surface area contributed by atoms with Crippen molar-refractivity contribution >= 4 is 35.4 Å². The van der Waals surface area contributed by atoms with Gasteiger partial charge >= 0.3 is 5.97 Å². The molecular formula is C16H11NO2S. The summed E-state index contributed by atoms with van der Waals surface area (Å²) in [6.07, 6.45) is 5.28. The smallest absolute Gasteiger partial charge is 0.363 e. The van der Waals surface area contributed by atoms with Crippen molar-refractivity contribution < 1.29 is 9.53 Å². The van der Waals surface area contributed by atoms with E-state index in [1.165, 1.54) is 0 Å². The molecule has 0 atom stereocenters. The number of esters is 1. The largest absolute Gasteiger partial charge is 0.403 e. The van der Waals surface area contributed by atoms with Gasteiger partial charge in [0.05, 0.1) is 0 Å². The molecule has 3 nitrogen and oxygen atoms in total. The molecule has 0 saturated heterocycles. The monoisotopic (exact) mass is 281 g/mol. The maximum absolute atomic E-state index is 11.7. The number of benzene rings is 1. The van der Waals surface area contributed by atoms with Gasteiger partial charge in [0.1, 0.15) is 0 Å². The van der Waals surface area contributed by atoms with Crippen molar-refractivity contribution in [2.24, 2.45) is 4.99 Å². The summed E-state index contributed by atoms with van der Waals surface area (Å²) >= 11 is 1.57. The van der Waals surface area contributed by atoms with Crippen molar-refractivity contribution in [1.29, 1.82) is 0 Å². The van der Waals surface area contributed by atoms with Crippen LogP contribution in [0.5, 0.6) is 0 Å². The van der Waals surface area contributed by atoms with Gasteiger partial charge < -0.3 is 4.74 Å². The fraction of sp³-hybridized carbons (Fsp3) is 0. The van der Waals surface area contributed by atoms with Crippen LogP contribution in [-0.2, 0) is 9.53 Å². The molecule has 2 heterocycles. The Morgan fingerprint density at radius 2 is 1.90 bits per heavy atom. The topological polar surface area (TPSA) is 38.7 Å². The highest BCUT2D eigenvalue weighted by molar-refractivity contribution is 7.08. The molecule has 0 N–H and O–H groups in total. The van der Waals surface area contributed by atoms with E-state index >= 15 is 0 Å². The molecule has 1 aliphatic rings. The fourth-order valence-corrected chi connectivity index (χ4v) is 2.36. The van der Waals surface area contributed by atoms with Crippen LogP contribution in [0.15, 0.2) is 63.9 Å². The van der Waals surface area contributed by atoms with Gasteiger partial charge in [0.2, 0.25) is 5.90 Å². The summed E-state index contributed by atoms with van der Waals surface area (Å²) in [6.45, 7) is 0. The average molecular weight is 281 g/mol. The van der Waals surface area contributed by atoms with Gasteiger partial charge in [0.15, 0.2) is 5.70 Å². The lowest BCUT2D eigenvalue weighted by Crippen LogP contribution is -2.00. The quantitative estimate of drug-likeness (QED) is 0.634. The van der Waals surface area contributed by atoms with Crippen LogP contribution in [0.3, 0.4) is 0 Å². The molecule has 0 saturated carbocycles. The molecule has 0 bridgehead atoms. The zero-order valence-corrected chi connectivity index (χ0v) is 11.3. The number of ether oxygens (including phenoxy) is 1. The van der Waals surface area contributed by atoms with Gasteiger partial charge in [-0.1, -0.05) is 30.3 Å². The second-order valence-corrected chi connectivity index (χ2v) is 4.95. The predicted octanol–water partition coefficient (Wildman–Crippen LogP) is 3.76. The molecule has 20 heavy (non-hydrogen) atoms. The molecule has 2 aromatic rings. The fourth-order valence-electron chi connectivity index (χ4n) is 1.74. The van der Waals surface area contributed by atoms with Gasteiger partial charge in [-0.15, -0.1) is 0 Å². The van der Waals surface area contributed by atoms with Crippen molar-refractivity contribution in [3.05, 3.63) is 70.1 Å². The van der Waals surface area contributed by atoms with Crippen molar-refractivity contribution in [1.82, 2.24) is 0 Å². The van der Waals surface area contributed by atoms with E-state index in [9.17, 15) is 4.79 Å². The highest BCUT2D eigenvalue weighted by atomic mass is 32.1. The molecule has 1 aliphatic heterocycles. The molecule has 0 radical (unpaired) electrons. The van der Waals surface area contributed by atoms with E-state index in [-0.39, 0.29) is 0 Å². The number of carbonyl (C=O) groups excluding carboxylic acids is 1. The molecule has 0 unspecified atom stereocenters. The molecule has 0 amide bonds. The summed E-state index contributed by atoms with van der Waals surface area (Å²) in [6, 6.07) is 11.7. The minimum Gasteiger partial charge on any atom is -0.403 e. The first-order chi connectivity index (χ1) is 9.81. The van der Waals surface area contributed by atoms with Gasteiger partial charge in [-0.25, -0.2) is 9.79 Å². The standard InChI is InChI=1S/C16H11NO2S/c18-16-14(10-13-8-9-20-11-13)17-15(19-16)7-6-12-4-2-1-3-5-12/h1-11H/b7-6+,14-10-. The molecule has 4 heteroatoms. The van der Waals surface area contributed by atoms with Crippen LogP contribution >= 0.6 is 11.3 Å². The number of carbonyl (C=O) groups is 1. The third-order valence-electron chi connectivity index (χ3n) is 2.70. The highest BCUT2D eigenvalue weighted by Crippen LogP contribution is 2.18. The normalized spacial score (nSPS) is 16.7. The number of aliphatic imine (C=N–C) groups is 1. The Hall–Kier alpha value is -2.46. The van der Waals surface area contributed by atoms with E-state index in [4.69, 9.17) is 4.74 Å². The third-order valence-corrected chi connectivity index (χ3v) is 3.40. The average Bonchev–Trinajstić information content (AvgIpc) is 3.09. The lowest BCUT2D eigenvalue weighted by atomic mass is 10.2. The number of nitrogens with zero attached hydrogens (tertiary/aromatic N) is 1. The molecule has 98 valence electrons. The molecule has 1 aromatic heterocycles. The third kappa shape index (κ3) is 2.92. The molecule has 1 aromatic carbocycles. The van der Waals surface area contributed by atoms with Crippen LogP contribution in [0.4, 0.5) is 0 Å². The van der Waals surface area contributed by atoms with Gasteiger partial charge in [-0.2, -0.15) is 11.3 Å².